The number of ether oxygens (including phenoxy) is 1. The van der Waals surface area contributed by atoms with E-state index in [9.17, 15) is 4.79 Å². The Kier molecular flexibility index (Phi) is 3.63. The number of benzene rings is 1. The summed E-state index contributed by atoms with van der Waals surface area (Å²) in [6, 6.07) is 9.98. The van der Waals surface area contributed by atoms with Gasteiger partial charge in [-0.15, -0.1) is 0 Å². The molecule has 0 radical (unpaired) electrons. The third-order valence-corrected chi connectivity index (χ3v) is 3.37. The molecule has 1 saturated heterocycles. The standard InChI is InChI=1S/C15H20O2/c1-15(2)11-13(8-9-17-15)14(16)10-12-6-4-3-5-7-12/h3-7,13H,8-11H2,1-2H3/t13-/m1/s1. The van der Waals surface area contributed by atoms with E-state index in [4.69, 9.17) is 4.74 Å². The largest absolute Gasteiger partial charge is 0.376 e. The van der Waals surface area contributed by atoms with Crippen molar-refractivity contribution >= 4 is 5.78 Å². The Balaban J connectivity index is 1.96. The van der Waals surface area contributed by atoms with Crippen molar-refractivity contribution in [3.63, 3.8) is 0 Å². The number of ketones is 1. The van der Waals surface area contributed by atoms with Crippen molar-refractivity contribution in [2.45, 2.75) is 38.7 Å². The van der Waals surface area contributed by atoms with Crippen LogP contribution >= 0.6 is 0 Å². The molecular formula is C15H20O2. The highest BCUT2D eigenvalue weighted by molar-refractivity contribution is 5.83. The predicted molar refractivity (Wildman–Crippen MR) is 67.9 cm³/mol. The summed E-state index contributed by atoms with van der Waals surface area (Å²) in [6.45, 7) is 4.84. The lowest BCUT2D eigenvalue weighted by atomic mass is 9.84. The van der Waals surface area contributed by atoms with Crippen molar-refractivity contribution in [3.8, 4) is 0 Å². The minimum absolute atomic E-state index is 0.144. The van der Waals surface area contributed by atoms with Crippen molar-refractivity contribution in [1.29, 1.82) is 0 Å². The quantitative estimate of drug-likeness (QED) is 0.800. The van der Waals surface area contributed by atoms with Crippen molar-refractivity contribution in [2.75, 3.05) is 6.61 Å². The molecule has 2 rings (SSSR count). The molecule has 0 unspecified atom stereocenters. The number of carbonyl (C=O) groups is 1. The lowest BCUT2D eigenvalue weighted by molar-refractivity contribution is -0.132. The maximum absolute atomic E-state index is 12.2. The van der Waals surface area contributed by atoms with E-state index in [2.05, 4.69) is 13.8 Å². The SMILES string of the molecule is CC1(C)C[C@H](C(=O)Cc2ccccc2)CCO1. The number of hydrogen-bond donors (Lipinski definition) is 0. The molecular weight excluding hydrogens is 212 g/mol. The van der Waals surface area contributed by atoms with E-state index in [1.165, 1.54) is 0 Å². The molecule has 2 nitrogen and oxygen atoms in total. The summed E-state index contributed by atoms with van der Waals surface area (Å²) in [5, 5.41) is 0. The zero-order valence-corrected chi connectivity index (χ0v) is 10.6. The second kappa shape index (κ2) is 5.01. The normalized spacial score (nSPS) is 23.3. The van der Waals surface area contributed by atoms with Gasteiger partial charge in [-0.05, 0) is 32.3 Å². The van der Waals surface area contributed by atoms with E-state index in [0.717, 1.165) is 18.4 Å². The first-order valence-electron chi connectivity index (χ1n) is 6.27. The number of Topliss-reactive ketones (excluding diaryl/α,β-unsaturated/α-hetero) is 1. The molecule has 1 atom stereocenters. The molecule has 1 aromatic carbocycles. The molecule has 1 aliphatic rings. The van der Waals surface area contributed by atoms with Gasteiger partial charge in [0.05, 0.1) is 5.60 Å². The molecule has 1 aliphatic heterocycles. The van der Waals surface area contributed by atoms with E-state index >= 15 is 0 Å². The van der Waals surface area contributed by atoms with Crippen LogP contribution in [0.15, 0.2) is 30.3 Å². The lowest BCUT2D eigenvalue weighted by Gasteiger charge is -2.34. The molecule has 1 heterocycles. The highest BCUT2D eigenvalue weighted by atomic mass is 16.5. The van der Waals surface area contributed by atoms with Crippen LogP contribution in [-0.4, -0.2) is 18.0 Å². The Morgan fingerprint density at radius 3 is 2.71 bits per heavy atom. The summed E-state index contributed by atoms with van der Waals surface area (Å²) in [6.07, 6.45) is 2.27. The molecule has 92 valence electrons. The Morgan fingerprint density at radius 2 is 2.06 bits per heavy atom. The Morgan fingerprint density at radius 1 is 1.35 bits per heavy atom. The Hall–Kier alpha value is -1.15. The van der Waals surface area contributed by atoms with Crippen LogP contribution in [0.3, 0.4) is 0 Å². The van der Waals surface area contributed by atoms with E-state index in [0.29, 0.717) is 18.8 Å². The van der Waals surface area contributed by atoms with Gasteiger partial charge in [-0.25, -0.2) is 0 Å². The minimum Gasteiger partial charge on any atom is -0.376 e. The van der Waals surface area contributed by atoms with Gasteiger partial charge in [0.25, 0.3) is 0 Å². The van der Waals surface area contributed by atoms with Gasteiger partial charge in [0.15, 0.2) is 0 Å². The summed E-state index contributed by atoms with van der Waals surface area (Å²) in [5.74, 6) is 0.520. The molecule has 0 saturated carbocycles. The number of carbonyl (C=O) groups excluding carboxylic acids is 1. The van der Waals surface area contributed by atoms with E-state index in [-0.39, 0.29) is 11.5 Å². The fourth-order valence-electron chi connectivity index (χ4n) is 2.45. The summed E-state index contributed by atoms with van der Waals surface area (Å²) in [5.41, 5.74) is 0.969. The number of rotatable bonds is 3. The molecule has 2 heteroatoms. The zero-order valence-electron chi connectivity index (χ0n) is 10.6. The first-order chi connectivity index (χ1) is 8.07. The second-order valence-electron chi connectivity index (χ2n) is 5.43. The van der Waals surface area contributed by atoms with Gasteiger partial charge in [0.2, 0.25) is 0 Å². The minimum atomic E-state index is -0.144. The maximum Gasteiger partial charge on any atom is 0.140 e. The van der Waals surface area contributed by atoms with Crippen LogP contribution in [0.2, 0.25) is 0 Å². The molecule has 1 aromatic rings. The lowest BCUT2D eigenvalue weighted by Crippen LogP contribution is -2.37. The van der Waals surface area contributed by atoms with Gasteiger partial charge in [-0.1, -0.05) is 30.3 Å². The third kappa shape index (κ3) is 3.40. The van der Waals surface area contributed by atoms with E-state index < -0.39 is 0 Å². The third-order valence-electron chi connectivity index (χ3n) is 3.37. The first kappa shape index (κ1) is 12.3. The van der Waals surface area contributed by atoms with Gasteiger partial charge >= 0.3 is 0 Å². The zero-order chi connectivity index (χ0) is 12.3. The van der Waals surface area contributed by atoms with Crippen LogP contribution in [0.5, 0.6) is 0 Å². The topological polar surface area (TPSA) is 26.3 Å². The summed E-state index contributed by atoms with van der Waals surface area (Å²) < 4.78 is 5.64. The Bertz CT molecular complexity index is 381. The van der Waals surface area contributed by atoms with Crippen molar-refractivity contribution < 1.29 is 9.53 Å². The van der Waals surface area contributed by atoms with Crippen LogP contribution in [0.25, 0.3) is 0 Å². The second-order valence-corrected chi connectivity index (χ2v) is 5.43. The molecule has 0 spiro atoms. The average molecular weight is 232 g/mol. The molecule has 17 heavy (non-hydrogen) atoms. The van der Waals surface area contributed by atoms with Gasteiger partial charge in [-0.2, -0.15) is 0 Å². The average Bonchev–Trinajstić information content (AvgIpc) is 2.29. The van der Waals surface area contributed by atoms with Crippen LogP contribution in [0.1, 0.15) is 32.3 Å². The first-order valence-corrected chi connectivity index (χ1v) is 6.27. The predicted octanol–water partition coefficient (Wildman–Crippen LogP) is 3.00. The summed E-state index contributed by atoms with van der Waals surface area (Å²) in [4.78, 5) is 12.2. The van der Waals surface area contributed by atoms with Gasteiger partial charge in [-0.3, -0.25) is 4.79 Å². The molecule has 0 aliphatic carbocycles. The Labute approximate surface area is 103 Å². The van der Waals surface area contributed by atoms with Crippen molar-refractivity contribution in [1.82, 2.24) is 0 Å². The van der Waals surface area contributed by atoms with Crippen LogP contribution in [0.4, 0.5) is 0 Å². The van der Waals surface area contributed by atoms with Crippen LogP contribution in [-0.2, 0) is 16.0 Å². The molecule has 0 N–H and O–H groups in total. The highest BCUT2D eigenvalue weighted by Crippen LogP contribution is 2.29. The van der Waals surface area contributed by atoms with Gasteiger partial charge < -0.3 is 4.74 Å². The fraction of sp³-hybridized carbons (Fsp3) is 0.533. The summed E-state index contributed by atoms with van der Waals surface area (Å²) >= 11 is 0. The monoisotopic (exact) mass is 232 g/mol. The maximum atomic E-state index is 12.2. The van der Waals surface area contributed by atoms with Gasteiger partial charge in [0.1, 0.15) is 5.78 Å². The van der Waals surface area contributed by atoms with Crippen LogP contribution < -0.4 is 0 Å². The van der Waals surface area contributed by atoms with Crippen LogP contribution in [0, 0.1) is 5.92 Å². The van der Waals surface area contributed by atoms with Crippen molar-refractivity contribution in [3.05, 3.63) is 35.9 Å². The number of hydrogen-bond acceptors (Lipinski definition) is 2. The molecule has 0 amide bonds. The van der Waals surface area contributed by atoms with E-state index in [1.807, 2.05) is 30.3 Å². The smallest absolute Gasteiger partial charge is 0.140 e. The van der Waals surface area contributed by atoms with Crippen molar-refractivity contribution in [2.24, 2.45) is 5.92 Å². The molecule has 0 bridgehead atoms. The van der Waals surface area contributed by atoms with E-state index in [1.54, 1.807) is 0 Å². The highest BCUT2D eigenvalue weighted by Gasteiger charge is 2.32. The van der Waals surface area contributed by atoms with Gasteiger partial charge in [0, 0.05) is 18.9 Å². The summed E-state index contributed by atoms with van der Waals surface area (Å²) in [7, 11) is 0. The molecule has 0 aromatic heterocycles. The molecule has 1 fully saturated rings. The fourth-order valence-corrected chi connectivity index (χ4v) is 2.45.